The van der Waals surface area contributed by atoms with Gasteiger partial charge >= 0.3 is 0 Å². The van der Waals surface area contributed by atoms with Crippen LogP contribution in [0.4, 0.5) is 13.2 Å². The molecule has 1 aromatic rings. The van der Waals surface area contributed by atoms with Crippen LogP contribution < -0.4 is 5.73 Å². The van der Waals surface area contributed by atoms with E-state index in [0.717, 1.165) is 0 Å². The molecule has 0 spiro atoms. The van der Waals surface area contributed by atoms with Crippen LogP contribution in [0.15, 0.2) is 12.1 Å². The topological polar surface area (TPSA) is 26.0 Å². The average molecular weight is 217 g/mol. The molecule has 4 heteroatoms. The molecule has 0 aliphatic heterocycles. The molecule has 0 saturated carbocycles. The lowest BCUT2D eigenvalue weighted by Crippen LogP contribution is -2.28. The van der Waals surface area contributed by atoms with Crippen molar-refractivity contribution in [3.8, 4) is 0 Å². The van der Waals surface area contributed by atoms with Crippen LogP contribution in [0.2, 0.25) is 0 Å². The number of nitrogens with two attached hydrogens (primary N) is 1. The summed E-state index contributed by atoms with van der Waals surface area (Å²) in [6.45, 7) is 5.29. The summed E-state index contributed by atoms with van der Waals surface area (Å²) in [5.41, 5.74) is 4.97. The average Bonchev–Trinajstić information content (AvgIpc) is 1.99. The van der Waals surface area contributed by atoms with Crippen LogP contribution in [0, 0.1) is 22.9 Å². The van der Waals surface area contributed by atoms with Gasteiger partial charge in [0.15, 0.2) is 0 Å². The lowest BCUT2D eigenvalue weighted by molar-refractivity contribution is 0.309. The van der Waals surface area contributed by atoms with E-state index in [-0.39, 0.29) is 5.56 Å². The van der Waals surface area contributed by atoms with E-state index in [1.165, 1.54) is 0 Å². The Morgan fingerprint density at radius 3 is 1.80 bits per heavy atom. The van der Waals surface area contributed by atoms with Gasteiger partial charge in [-0.25, -0.2) is 13.2 Å². The fourth-order valence-corrected chi connectivity index (χ4v) is 1.28. The molecule has 0 amide bonds. The Kier molecular flexibility index (Phi) is 3.09. The maximum atomic E-state index is 13.3. The van der Waals surface area contributed by atoms with Crippen molar-refractivity contribution >= 4 is 0 Å². The van der Waals surface area contributed by atoms with Gasteiger partial charge in [0.2, 0.25) is 0 Å². The Bertz CT molecular complexity index is 346. The third-order valence-electron chi connectivity index (χ3n) is 2.29. The van der Waals surface area contributed by atoms with Gasteiger partial charge in [-0.3, -0.25) is 0 Å². The fraction of sp³-hybridized carbons (Fsp3) is 0.455. The molecule has 0 aliphatic carbocycles. The quantitative estimate of drug-likeness (QED) is 0.768. The van der Waals surface area contributed by atoms with E-state index in [4.69, 9.17) is 5.73 Å². The predicted molar refractivity (Wildman–Crippen MR) is 52.7 cm³/mol. The molecule has 1 atom stereocenters. The number of benzene rings is 1. The van der Waals surface area contributed by atoms with Gasteiger partial charge in [0, 0.05) is 23.7 Å². The van der Waals surface area contributed by atoms with Crippen LogP contribution in [-0.2, 0) is 0 Å². The van der Waals surface area contributed by atoms with Gasteiger partial charge < -0.3 is 5.73 Å². The zero-order chi connectivity index (χ0) is 11.8. The summed E-state index contributed by atoms with van der Waals surface area (Å²) in [6.07, 6.45) is 0. The maximum Gasteiger partial charge on any atom is 0.133 e. The first-order valence-electron chi connectivity index (χ1n) is 4.63. The highest BCUT2D eigenvalue weighted by Crippen LogP contribution is 2.33. The van der Waals surface area contributed by atoms with Crippen LogP contribution >= 0.6 is 0 Å². The molecule has 1 rings (SSSR count). The fourth-order valence-electron chi connectivity index (χ4n) is 1.28. The van der Waals surface area contributed by atoms with Gasteiger partial charge in [0.05, 0.1) is 0 Å². The van der Waals surface area contributed by atoms with Gasteiger partial charge in [0.1, 0.15) is 17.5 Å². The minimum atomic E-state index is -0.935. The van der Waals surface area contributed by atoms with Crippen molar-refractivity contribution in [3.05, 3.63) is 35.1 Å². The summed E-state index contributed by atoms with van der Waals surface area (Å²) in [7, 11) is 0. The van der Waals surface area contributed by atoms with Crippen LogP contribution in [0.1, 0.15) is 32.4 Å². The molecule has 0 saturated heterocycles. The van der Waals surface area contributed by atoms with Crippen molar-refractivity contribution in [3.63, 3.8) is 0 Å². The highest BCUT2D eigenvalue weighted by Gasteiger charge is 2.28. The molecule has 1 aromatic carbocycles. The van der Waals surface area contributed by atoms with E-state index in [2.05, 4.69) is 0 Å². The van der Waals surface area contributed by atoms with E-state index < -0.39 is 28.9 Å². The highest BCUT2D eigenvalue weighted by atomic mass is 19.1. The second-order valence-electron chi connectivity index (χ2n) is 4.63. The molecular weight excluding hydrogens is 203 g/mol. The van der Waals surface area contributed by atoms with Crippen molar-refractivity contribution < 1.29 is 13.2 Å². The van der Waals surface area contributed by atoms with Crippen molar-refractivity contribution in [2.24, 2.45) is 11.1 Å². The van der Waals surface area contributed by atoms with Gasteiger partial charge in [0.25, 0.3) is 0 Å². The molecule has 0 bridgehead atoms. The largest absolute Gasteiger partial charge is 0.323 e. The first-order chi connectivity index (χ1) is 6.73. The summed E-state index contributed by atoms with van der Waals surface area (Å²) in [5.74, 6) is -2.81. The molecule has 0 aromatic heterocycles. The van der Waals surface area contributed by atoms with E-state index in [1.54, 1.807) is 20.8 Å². The first kappa shape index (κ1) is 12.0. The molecule has 0 radical (unpaired) electrons. The lowest BCUT2D eigenvalue weighted by atomic mass is 9.82. The van der Waals surface area contributed by atoms with E-state index in [0.29, 0.717) is 12.1 Å². The molecule has 0 heterocycles. The van der Waals surface area contributed by atoms with Gasteiger partial charge in [-0.1, -0.05) is 20.8 Å². The summed E-state index contributed by atoms with van der Waals surface area (Å²) in [6, 6.07) is 0.478. The Morgan fingerprint density at radius 1 is 1.07 bits per heavy atom. The molecular formula is C11H14F3N. The molecule has 0 fully saturated rings. The molecule has 0 aliphatic rings. The van der Waals surface area contributed by atoms with E-state index >= 15 is 0 Å². The van der Waals surface area contributed by atoms with Gasteiger partial charge in [-0.2, -0.15) is 0 Å². The third kappa shape index (κ3) is 2.50. The van der Waals surface area contributed by atoms with Crippen molar-refractivity contribution in [2.75, 3.05) is 0 Å². The molecule has 15 heavy (non-hydrogen) atoms. The maximum absolute atomic E-state index is 13.3. The third-order valence-corrected chi connectivity index (χ3v) is 2.29. The SMILES string of the molecule is CC(C)(C)[C@H](N)c1c(F)cc(F)cc1F. The Morgan fingerprint density at radius 2 is 1.47 bits per heavy atom. The Labute approximate surface area is 87.1 Å². The number of halogens is 3. The van der Waals surface area contributed by atoms with Crippen LogP contribution in [0.25, 0.3) is 0 Å². The summed E-state index contributed by atoms with van der Waals surface area (Å²) < 4.78 is 39.3. The lowest BCUT2D eigenvalue weighted by Gasteiger charge is -2.27. The predicted octanol–water partition coefficient (Wildman–Crippen LogP) is 3.15. The number of hydrogen-bond acceptors (Lipinski definition) is 1. The van der Waals surface area contributed by atoms with Gasteiger partial charge in [-0.05, 0) is 5.41 Å². The minimum absolute atomic E-state index is 0.260. The summed E-state index contributed by atoms with van der Waals surface area (Å²) in [4.78, 5) is 0. The zero-order valence-corrected chi connectivity index (χ0v) is 8.94. The van der Waals surface area contributed by atoms with Crippen molar-refractivity contribution in [1.29, 1.82) is 0 Å². The summed E-state index contributed by atoms with van der Waals surface area (Å²) in [5, 5.41) is 0. The molecule has 1 nitrogen and oxygen atoms in total. The van der Waals surface area contributed by atoms with Crippen molar-refractivity contribution in [2.45, 2.75) is 26.8 Å². The Hall–Kier alpha value is -1.03. The number of rotatable bonds is 1. The normalized spacial score (nSPS) is 14.1. The molecule has 2 N–H and O–H groups in total. The second kappa shape index (κ2) is 3.85. The Balaban J connectivity index is 3.26. The number of hydrogen-bond donors (Lipinski definition) is 1. The smallest absolute Gasteiger partial charge is 0.133 e. The van der Waals surface area contributed by atoms with E-state index in [9.17, 15) is 13.2 Å². The zero-order valence-electron chi connectivity index (χ0n) is 8.94. The summed E-state index contributed by atoms with van der Waals surface area (Å²) >= 11 is 0. The standard InChI is InChI=1S/C11H14F3N/c1-11(2,3)10(15)9-7(13)4-6(12)5-8(9)14/h4-5,10H,15H2,1-3H3/t10-/m1/s1. The van der Waals surface area contributed by atoms with Gasteiger partial charge in [-0.15, -0.1) is 0 Å². The van der Waals surface area contributed by atoms with E-state index in [1.807, 2.05) is 0 Å². The van der Waals surface area contributed by atoms with Crippen molar-refractivity contribution in [1.82, 2.24) is 0 Å². The van der Waals surface area contributed by atoms with Crippen LogP contribution in [0.3, 0.4) is 0 Å². The van der Waals surface area contributed by atoms with Crippen LogP contribution in [-0.4, -0.2) is 0 Å². The first-order valence-corrected chi connectivity index (χ1v) is 4.63. The molecule has 84 valence electrons. The molecule has 0 unspecified atom stereocenters. The minimum Gasteiger partial charge on any atom is -0.323 e. The van der Waals surface area contributed by atoms with Crippen LogP contribution in [0.5, 0.6) is 0 Å². The monoisotopic (exact) mass is 217 g/mol. The highest BCUT2D eigenvalue weighted by molar-refractivity contribution is 5.25. The second-order valence-corrected chi connectivity index (χ2v) is 4.63.